The average molecular weight is 987 g/mol. The van der Waals surface area contributed by atoms with E-state index in [0.717, 1.165) is 56.5 Å². The molecule has 14 heteroatoms. The molecular weight excluding hydrogens is 909 g/mol. The molecule has 0 spiro atoms. The van der Waals surface area contributed by atoms with E-state index in [1.165, 1.54) is 10.6 Å². The van der Waals surface area contributed by atoms with E-state index in [1.807, 2.05) is 118 Å². The number of benzene rings is 2. The lowest BCUT2D eigenvalue weighted by atomic mass is 9.93. The molecule has 3 amide bonds. The first-order valence-corrected chi connectivity index (χ1v) is 24.2. The number of carboxylic acids is 2. The highest BCUT2D eigenvalue weighted by Gasteiger charge is 2.35. The minimum Gasteiger partial charge on any atom is -0.481 e. The predicted octanol–water partition coefficient (Wildman–Crippen LogP) is 10.7. The third-order valence-electron chi connectivity index (χ3n) is 12.8. The highest BCUT2D eigenvalue weighted by molar-refractivity contribution is 5.89. The van der Waals surface area contributed by atoms with Gasteiger partial charge < -0.3 is 30.3 Å². The number of hydrogen-bond donors (Lipinski definition) is 4. The second-order valence-corrected chi connectivity index (χ2v) is 19.8. The summed E-state index contributed by atoms with van der Waals surface area (Å²) in [6, 6.07) is 16.2. The van der Waals surface area contributed by atoms with Crippen LogP contribution in [0.15, 0.2) is 96.4 Å². The fourth-order valence-corrected chi connectivity index (χ4v) is 9.29. The molecular formula is C58H78N6O8. The zero-order valence-electron chi connectivity index (χ0n) is 42.3. The van der Waals surface area contributed by atoms with Crippen LogP contribution in [0, 0.1) is 52.4 Å². The average Bonchev–Trinajstić information content (AvgIpc) is 3.27. The molecule has 388 valence electrons. The van der Waals surface area contributed by atoms with Crippen molar-refractivity contribution >= 4 is 29.7 Å². The molecule has 4 N–H and O–H groups in total. The molecule has 0 bridgehead atoms. The van der Waals surface area contributed by atoms with E-state index >= 15 is 0 Å². The highest BCUT2D eigenvalue weighted by atomic mass is 16.4. The molecule has 5 atom stereocenters. The number of carbonyl (C=O) groups is 5. The highest BCUT2D eigenvalue weighted by Crippen LogP contribution is 2.32. The van der Waals surface area contributed by atoms with Crippen LogP contribution >= 0.6 is 0 Å². The number of aliphatic carboxylic acids is 2. The second kappa shape index (κ2) is 27.0. The fraction of sp³-hybridized carbons (Fsp3) is 0.448. The predicted molar refractivity (Wildman–Crippen MR) is 285 cm³/mol. The molecule has 14 nitrogen and oxygen atoms in total. The van der Waals surface area contributed by atoms with Crippen molar-refractivity contribution in [3.05, 3.63) is 141 Å². The fourth-order valence-electron chi connectivity index (χ4n) is 9.29. The van der Waals surface area contributed by atoms with Crippen LogP contribution in [0.4, 0.5) is 0 Å². The van der Waals surface area contributed by atoms with E-state index in [2.05, 4.69) is 20.6 Å². The SMILES string of the molecule is C.C.Cc1cccc(C)c1-c1cncc([C@H](CC(=O)O)NC(=O)[C@H](CC(C)C)N2CCC(C)CC2=O)c1.Cc1ccn([C@@H](CC(C)C)C(=O)N[C@@H](CC(=O)O)c2cncc(-c3c(C)cccc3C)c2)c(=O)c1. The van der Waals surface area contributed by atoms with Gasteiger partial charge in [-0.2, -0.15) is 0 Å². The minimum absolute atomic E-state index is 0. The number of rotatable bonds is 18. The number of pyridine rings is 3. The number of likely N-dealkylation sites (tertiary alicyclic amines) is 1. The molecule has 0 aliphatic carbocycles. The van der Waals surface area contributed by atoms with Crippen LogP contribution < -0.4 is 16.2 Å². The number of piperidine rings is 1. The molecule has 0 radical (unpaired) electrons. The molecule has 6 rings (SSSR count). The van der Waals surface area contributed by atoms with Crippen molar-refractivity contribution in [3.8, 4) is 22.3 Å². The minimum atomic E-state index is -1.04. The largest absolute Gasteiger partial charge is 0.481 e. The molecule has 0 saturated carbocycles. The summed E-state index contributed by atoms with van der Waals surface area (Å²) >= 11 is 0. The Hall–Kier alpha value is -6.96. The lowest BCUT2D eigenvalue weighted by Gasteiger charge is -2.37. The number of aromatic nitrogens is 3. The summed E-state index contributed by atoms with van der Waals surface area (Å²) in [4.78, 5) is 86.2. The van der Waals surface area contributed by atoms with Crippen molar-refractivity contribution in [2.75, 3.05) is 6.54 Å². The van der Waals surface area contributed by atoms with Gasteiger partial charge in [-0.25, -0.2) is 0 Å². The van der Waals surface area contributed by atoms with Gasteiger partial charge in [-0.1, -0.05) is 85.9 Å². The quantitative estimate of drug-likeness (QED) is 0.0655. The third-order valence-corrected chi connectivity index (χ3v) is 12.8. The Kier molecular flexibility index (Phi) is 22.3. The van der Waals surface area contributed by atoms with Crippen LogP contribution in [-0.2, 0) is 24.0 Å². The first-order valence-electron chi connectivity index (χ1n) is 24.2. The van der Waals surface area contributed by atoms with Crippen LogP contribution in [-0.4, -0.2) is 71.9 Å². The summed E-state index contributed by atoms with van der Waals surface area (Å²) < 4.78 is 1.42. The Morgan fingerprint density at radius 1 is 0.653 bits per heavy atom. The van der Waals surface area contributed by atoms with Crippen LogP contribution in [0.3, 0.4) is 0 Å². The number of hydrogen-bond acceptors (Lipinski definition) is 8. The van der Waals surface area contributed by atoms with Gasteiger partial charge in [-0.05, 0) is 140 Å². The van der Waals surface area contributed by atoms with Crippen molar-refractivity contribution in [1.82, 2.24) is 30.1 Å². The number of amides is 3. The molecule has 1 unspecified atom stereocenters. The zero-order valence-corrected chi connectivity index (χ0v) is 42.3. The van der Waals surface area contributed by atoms with Crippen molar-refractivity contribution < 1.29 is 34.2 Å². The van der Waals surface area contributed by atoms with Crippen LogP contribution in [0.5, 0.6) is 0 Å². The number of carboxylic acid groups (broad SMARTS) is 2. The lowest BCUT2D eigenvalue weighted by molar-refractivity contribution is -0.145. The van der Waals surface area contributed by atoms with Crippen LogP contribution in [0.1, 0.15) is 145 Å². The van der Waals surface area contributed by atoms with Crippen molar-refractivity contribution in [3.63, 3.8) is 0 Å². The maximum absolute atomic E-state index is 13.5. The van der Waals surface area contributed by atoms with Gasteiger partial charge in [0.2, 0.25) is 17.7 Å². The van der Waals surface area contributed by atoms with Gasteiger partial charge in [0.15, 0.2) is 0 Å². The number of carbonyl (C=O) groups excluding carboxylic acids is 3. The van der Waals surface area contributed by atoms with Gasteiger partial charge in [0.05, 0.1) is 24.9 Å². The van der Waals surface area contributed by atoms with E-state index in [-0.39, 0.29) is 56.9 Å². The van der Waals surface area contributed by atoms with Crippen molar-refractivity contribution in [1.29, 1.82) is 0 Å². The Bertz CT molecular complexity index is 2690. The maximum atomic E-state index is 13.5. The topological polar surface area (TPSA) is 201 Å². The standard InChI is InChI=1S/C28H37N3O4.C28H33N3O4.2CH4/c2*1-17(2)11-24(31-10-9-18(3)12-25(31)32)28(35)30-23(14-26(33)34)21-13-22(16-29-15-21)27-19(4)7-6-8-20(27)5;;/h6-8,13,15-18,23-24H,9-12,14H2,1-5H3,(H,30,35)(H,33,34);6-10,12-13,15-17,23-24H,11,14H2,1-5H3,(H,30,35)(H,33,34);2*1H4/t18?,23-,24-;23-,24-;;/m00../s1. The van der Waals surface area contributed by atoms with Gasteiger partial charge in [0.1, 0.15) is 12.1 Å². The summed E-state index contributed by atoms with van der Waals surface area (Å²) in [6.45, 7) is 20.5. The van der Waals surface area contributed by atoms with Gasteiger partial charge in [-0.15, -0.1) is 0 Å². The first kappa shape index (κ1) is 59.3. The molecule has 1 saturated heterocycles. The third kappa shape index (κ3) is 16.0. The number of nitrogens with one attached hydrogen (secondary N) is 2. The summed E-state index contributed by atoms with van der Waals surface area (Å²) in [5.74, 6) is -2.13. The summed E-state index contributed by atoms with van der Waals surface area (Å²) in [7, 11) is 0. The van der Waals surface area contributed by atoms with E-state index in [9.17, 15) is 39.0 Å². The van der Waals surface area contributed by atoms with Crippen molar-refractivity contribution in [2.24, 2.45) is 17.8 Å². The monoisotopic (exact) mass is 987 g/mol. The van der Waals surface area contributed by atoms with E-state index in [4.69, 9.17) is 0 Å². The van der Waals surface area contributed by atoms with Gasteiger partial charge in [0.25, 0.3) is 5.56 Å². The first-order chi connectivity index (χ1) is 33.1. The smallest absolute Gasteiger partial charge is 0.305 e. The van der Waals surface area contributed by atoms with Gasteiger partial charge >= 0.3 is 11.9 Å². The molecule has 1 fully saturated rings. The molecule has 5 aromatic rings. The molecule has 1 aliphatic rings. The Morgan fingerprint density at radius 2 is 1.08 bits per heavy atom. The van der Waals surface area contributed by atoms with Gasteiger partial charge in [0, 0.05) is 61.1 Å². The second-order valence-electron chi connectivity index (χ2n) is 19.8. The summed E-state index contributed by atoms with van der Waals surface area (Å²) in [5.41, 5.74) is 9.94. The Morgan fingerprint density at radius 3 is 1.49 bits per heavy atom. The molecule has 2 aromatic carbocycles. The van der Waals surface area contributed by atoms with Gasteiger partial charge in [-0.3, -0.25) is 38.7 Å². The van der Waals surface area contributed by atoms with Crippen LogP contribution in [0.25, 0.3) is 22.3 Å². The number of nitrogens with zero attached hydrogens (tertiary/aromatic N) is 4. The molecule has 4 heterocycles. The summed E-state index contributed by atoms with van der Waals surface area (Å²) in [5, 5.41) is 25.0. The van der Waals surface area contributed by atoms with Crippen LogP contribution in [0.2, 0.25) is 0 Å². The lowest BCUT2D eigenvalue weighted by Crippen LogP contribution is -2.53. The zero-order chi connectivity index (χ0) is 51.4. The van der Waals surface area contributed by atoms with Crippen molar-refractivity contribution in [2.45, 2.75) is 147 Å². The molecule has 3 aromatic heterocycles. The maximum Gasteiger partial charge on any atom is 0.305 e. The molecule has 1 aliphatic heterocycles. The molecule has 72 heavy (non-hydrogen) atoms. The van der Waals surface area contributed by atoms with E-state index in [0.29, 0.717) is 42.9 Å². The van der Waals surface area contributed by atoms with E-state index < -0.39 is 42.0 Å². The summed E-state index contributed by atoms with van der Waals surface area (Å²) in [6.07, 6.45) is 9.98. The Labute approximate surface area is 426 Å². The normalized spacial score (nSPS) is 14.9. The number of aryl methyl sites for hydroxylation is 5. The van der Waals surface area contributed by atoms with E-state index in [1.54, 1.807) is 42.0 Å². The Balaban J connectivity index is 0.000000370.